The van der Waals surface area contributed by atoms with E-state index in [0.717, 1.165) is 10.1 Å². The molecule has 0 radical (unpaired) electrons. The summed E-state index contributed by atoms with van der Waals surface area (Å²) in [4.78, 5) is 28.3. The Labute approximate surface area is 131 Å². The van der Waals surface area contributed by atoms with Crippen molar-refractivity contribution < 1.29 is 8.42 Å². The molecule has 0 N–H and O–H groups in total. The highest BCUT2D eigenvalue weighted by Crippen LogP contribution is 2.19. The molecule has 23 heavy (non-hydrogen) atoms. The molecule has 0 unspecified atom stereocenters. The Morgan fingerprint density at radius 1 is 1.04 bits per heavy atom. The molecule has 8 heteroatoms. The van der Waals surface area contributed by atoms with Gasteiger partial charge in [0.15, 0.2) is 5.37 Å². The molecule has 1 aliphatic heterocycles. The smallest absolute Gasteiger partial charge is 0.281 e. The average molecular weight is 333 g/mol. The van der Waals surface area contributed by atoms with Crippen LogP contribution < -0.4 is 22.0 Å². The van der Waals surface area contributed by atoms with Crippen LogP contribution in [0, 0.1) is 6.92 Å². The van der Waals surface area contributed by atoms with Crippen LogP contribution in [0.15, 0.2) is 43.7 Å². The van der Waals surface area contributed by atoms with Gasteiger partial charge in [0.1, 0.15) is 5.49 Å². The van der Waals surface area contributed by atoms with E-state index in [1.165, 1.54) is 36.9 Å². The van der Waals surface area contributed by atoms with Gasteiger partial charge in [-0.05, 0) is 25.1 Å². The number of fused-ring (bicyclic) bond motifs is 1. The van der Waals surface area contributed by atoms with Gasteiger partial charge in [-0.1, -0.05) is 17.7 Å². The van der Waals surface area contributed by atoms with Gasteiger partial charge in [0.25, 0.3) is 5.56 Å². The maximum absolute atomic E-state index is 12.7. The highest BCUT2D eigenvalue weighted by Gasteiger charge is 2.28. The minimum Gasteiger partial charge on any atom is -0.281 e. The summed E-state index contributed by atoms with van der Waals surface area (Å²) in [7, 11) is -0.963. The molecular weight excluding hydrogens is 318 g/mol. The van der Waals surface area contributed by atoms with Crippen molar-refractivity contribution in [1.82, 2.24) is 9.13 Å². The predicted molar refractivity (Wildman–Crippen MR) is 84.3 cm³/mol. The fraction of sp³-hybridized carbons (Fsp3) is 0.267. The van der Waals surface area contributed by atoms with Gasteiger partial charge in [-0.3, -0.25) is 13.9 Å². The van der Waals surface area contributed by atoms with Crippen LogP contribution >= 0.6 is 0 Å². The molecule has 2 heterocycles. The summed E-state index contributed by atoms with van der Waals surface area (Å²) >= 11 is 0. The van der Waals surface area contributed by atoms with Crippen LogP contribution in [0.5, 0.6) is 0 Å². The Kier molecular flexibility index (Phi) is 3.36. The van der Waals surface area contributed by atoms with Gasteiger partial charge in [0.2, 0.25) is 9.84 Å². The molecule has 0 saturated heterocycles. The Bertz CT molecular complexity index is 1140. The predicted octanol–water partition coefficient (Wildman–Crippen LogP) is -1.39. The minimum absolute atomic E-state index is 0.0961. The van der Waals surface area contributed by atoms with E-state index in [1.807, 2.05) is 6.92 Å². The quantitative estimate of drug-likeness (QED) is 0.676. The number of aryl methyl sites for hydroxylation is 1. The lowest BCUT2D eigenvalue weighted by Gasteiger charge is -2.07. The monoisotopic (exact) mass is 333 g/mol. The molecule has 1 aromatic heterocycles. The number of benzene rings is 1. The van der Waals surface area contributed by atoms with Crippen LogP contribution in [0.25, 0.3) is 6.08 Å². The molecule has 0 saturated carbocycles. The van der Waals surface area contributed by atoms with Crippen LogP contribution in [-0.2, 0) is 23.9 Å². The molecule has 1 aromatic carbocycles. The molecule has 3 rings (SSSR count). The fourth-order valence-corrected chi connectivity index (χ4v) is 3.84. The summed E-state index contributed by atoms with van der Waals surface area (Å²) in [5.41, 5.74) is -0.0534. The van der Waals surface area contributed by atoms with Crippen molar-refractivity contribution in [3.8, 4) is 0 Å². The first-order chi connectivity index (χ1) is 10.7. The van der Waals surface area contributed by atoms with Gasteiger partial charge in [-0.15, -0.1) is 0 Å². The standard InChI is InChI=1S/C15H15N3O4S/c1-9-4-6-10(7-5-9)23(21,22)12-8-11-13(16-12)17(2)15(20)18(3)14(11)19/h4-8,12H,1-3H3/t12-/m1/s1. The largest absolute Gasteiger partial charge is 0.332 e. The molecule has 1 atom stereocenters. The molecule has 0 aliphatic carbocycles. The van der Waals surface area contributed by atoms with E-state index in [4.69, 9.17) is 0 Å². The van der Waals surface area contributed by atoms with Crippen LogP contribution in [0.1, 0.15) is 5.56 Å². The van der Waals surface area contributed by atoms with E-state index in [2.05, 4.69) is 4.99 Å². The first-order valence-corrected chi connectivity index (χ1v) is 8.44. The lowest BCUT2D eigenvalue weighted by Crippen LogP contribution is -2.55. The maximum Gasteiger partial charge on any atom is 0.332 e. The zero-order chi connectivity index (χ0) is 16.9. The van der Waals surface area contributed by atoms with E-state index >= 15 is 0 Å². The van der Waals surface area contributed by atoms with Crippen molar-refractivity contribution in [2.45, 2.75) is 17.2 Å². The Hall–Kier alpha value is -2.48. The van der Waals surface area contributed by atoms with Crippen molar-refractivity contribution in [2.24, 2.45) is 19.1 Å². The third kappa shape index (κ3) is 2.26. The number of aromatic nitrogens is 2. The Balaban J connectivity index is 2.25. The molecule has 2 aromatic rings. The van der Waals surface area contributed by atoms with Crippen molar-refractivity contribution in [1.29, 1.82) is 0 Å². The van der Waals surface area contributed by atoms with Crippen molar-refractivity contribution in [3.63, 3.8) is 0 Å². The second-order valence-electron chi connectivity index (χ2n) is 5.49. The number of hydrogen-bond acceptors (Lipinski definition) is 5. The maximum atomic E-state index is 12.7. The van der Waals surface area contributed by atoms with Gasteiger partial charge in [-0.25, -0.2) is 18.2 Å². The molecule has 0 bridgehead atoms. The Morgan fingerprint density at radius 2 is 1.65 bits per heavy atom. The molecule has 0 fully saturated rings. The average Bonchev–Trinajstić information content (AvgIpc) is 2.97. The summed E-state index contributed by atoms with van der Waals surface area (Å²) in [6.07, 6.45) is 1.30. The zero-order valence-electron chi connectivity index (χ0n) is 12.8. The SMILES string of the molecule is Cc1ccc(S(=O)(=O)[C@@H]2C=c3c(=O)n(C)c(=O)n(C)c3=N2)cc1. The summed E-state index contributed by atoms with van der Waals surface area (Å²) in [5, 5.41) is -1.07. The van der Waals surface area contributed by atoms with Crippen LogP contribution in [0.2, 0.25) is 0 Å². The molecule has 1 aliphatic rings. The summed E-state index contributed by atoms with van der Waals surface area (Å²) in [6, 6.07) is 6.41. The summed E-state index contributed by atoms with van der Waals surface area (Å²) in [6.45, 7) is 1.86. The van der Waals surface area contributed by atoms with Crippen LogP contribution in [0.4, 0.5) is 0 Å². The fourth-order valence-electron chi connectivity index (χ4n) is 2.49. The second-order valence-corrected chi connectivity index (χ2v) is 7.53. The first kappa shape index (κ1) is 15.4. The minimum atomic E-state index is -3.77. The zero-order valence-corrected chi connectivity index (χ0v) is 13.7. The van der Waals surface area contributed by atoms with E-state index in [0.29, 0.717) is 0 Å². The molecule has 7 nitrogen and oxygen atoms in total. The topological polar surface area (TPSA) is 90.5 Å². The van der Waals surface area contributed by atoms with E-state index < -0.39 is 26.5 Å². The summed E-state index contributed by atoms with van der Waals surface area (Å²) in [5.74, 6) is 0. The van der Waals surface area contributed by atoms with Crippen molar-refractivity contribution in [2.75, 3.05) is 0 Å². The molecular formula is C15H15N3O4S. The summed E-state index contributed by atoms with van der Waals surface area (Å²) < 4.78 is 27.5. The third-order valence-corrected chi connectivity index (χ3v) is 5.70. The number of nitrogens with zero attached hydrogens (tertiary/aromatic N) is 3. The van der Waals surface area contributed by atoms with Crippen LogP contribution in [-0.4, -0.2) is 22.9 Å². The van der Waals surface area contributed by atoms with Crippen LogP contribution in [0.3, 0.4) is 0 Å². The second kappa shape index (κ2) is 5.02. The van der Waals surface area contributed by atoms with Gasteiger partial charge in [-0.2, -0.15) is 0 Å². The number of hydrogen-bond donors (Lipinski definition) is 0. The van der Waals surface area contributed by atoms with Gasteiger partial charge >= 0.3 is 5.69 Å². The highest BCUT2D eigenvalue weighted by molar-refractivity contribution is 7.92. The van der Waals surface area contributed by atoms with Gasteiger partial charge < -0.3 is 0 Å². The van der Waals surface area contributed by atoms with E-state index in [-0.39, 0.29) is 15.6 Å². The van der Waals surface area contributed by atoms with Gasteiger partial charge in [0, 0.05) is 14.1 Å². The normalized spacial score (nSPS) is 16.6. The molecule has 0 amide bonds. The number of rotatable bonds is 2. The molecule has 120 valence electrons. The van der Waals surface area contributed by atoms with Crippen molar-refractivity contribution >= 4 is 15.9 Å². The first-order valence-electron chi connectivity index (χ1n) is 6.90. The lowest BCUT2D eigenvalue weighted by molar-refractivity contribution is 0.590. The van der Waals surface area contributed by atoms with Gasteiger partial charge in [0.05, 0.1) is 10.1 Å². The molecule has 0 spiro atoms. The van der Waals surface area contributed by atoms with Crippen molar-refractivity contribution in [3.05, 3.63) is 61.4 Å². The van der Waals surface area contributed by atoms with E-state index in [9.17, 15) is 18.0 Å². The number of sulfone groups is 1. The Morgan fingerprint density at radius 3 is 2.26 bits per heavy atom. The highest BCUT2D eigenvalue weighted by atomic mass is 32.2. The van der Waals surface area contributed by atoms with E-state index in [1.54, 1.807) is 12.1 Å². The lowest BCUT2D eigenvalue weighted by atomic mass is 10.2. The third-order valence-electron chi connectivity index (χ3n) is 3.89.